The van der Waals surface area contributed by atoms with Gasteiger partial charge in [-0.05, 0) is 27.5 Å². The fourth-order valence-corrected chi connectivity index (χ4v) is 1.30. The molecule has 12 heavy (non-hydrogen) atoms. The van der Waals surface area contributed by atoms with Crippen molar-refractivity contribution in [3.8, 4) is 0 Å². The lowest BCUT2D eigenvalue weighted by Gasteiger charge is -2.10. The topological polar surface area (TPSA) is 38.1 Å². The predicted octanol–water partition coefficient (Wildman–Crippen LogP) is 1.86. The summed E-state index contributed by atoms with van der Waals surface area (Å²) in [4.78, 5) is 12.2. The summed E-state index contributed by atoms with van der Waals surface area (Å²) in [5, 5.41) is 0. The summed E-state index contributed by atoms with van der Waals surface area (Å²) < 4.78 is 0. The van der Waals surface area contributed by atoms with Crippen LogP contribution in [-0.2, 0) is 0 Å². The highest BCUT2D eigenvalue weighted by atomic mass is 14.9. The summed E-state index contributed by atoms with van der Waals surface area (Å²) in [6.07, 6.45) is 1.57. The second kappa shape index (κ2) is 3.43. The van der Waals surface area contributed by atoms with Crippen LogP contribution in [0.25, 0.3) is 0 Å². The van der Waals surface area contributed by atoms with Crippen LogP contribution in [0.4, 0.5) is 0 Å². The fourth-order valence-electron chi connectivity index (χ4n) is 1.30. The average molecular weight is 163 g/mol. The van der Waals surface area contributed by atoms with Crippen molar-refractivity contribution >= 4 is 6.72 Å². The molecule has 64 valence electrons. The van der Waals surface area contributed by atoms with Gasteiger partial charge in [0.25, 0.3) is 0 Å². The Balaban J connectivity index is 3.20. The van der Waals surface area contributed by atoms with Gasteiger partial charge in [0.2, 0.25) is 0 Å². The Kier molecular flexibility index (Phi) is 2.53. The molecule has 0 N–H and O–H groups in total. The monoisotopic (exact) mass is 163 g/mol. The van der Waals surface area contributed by atoms with E-state index in [2.05, 4.69) is 21.7 Å². The Morgan fingerprint density at radius 3 is 2.25 bits per heavy atom. The van der Waals surface area contributed by atoms with Crippen LogP contribution >= 0.6 is 0 Å². The summed E-state index contributed by atoms with van der Waals surface area (Å²) in [6.45, 7) is 9.43. The van der Waals surface area contributed by atoms with Gasteiger partial charge in [0.1, 0.15) is 6.33 Å². The van der Waals surface area contributed by atoms with E-state index in [0.717, 1.165) is 17.0 Å². The Bertz CT molecular complexity index is 274. The van der Waals surface area contributed by atoms with E-state index in [1.165, 1.54) is 0 Å². The zero-order chi connectivity index (χ0) is 9.14. The Hall–Kier alpha value is -1.25. The zero-order valence-corrected chi connectivity index (χ0v) is 7.70. The third kappa shape index (κ3) is 1.49. The van der Waals surface area contributed by atoms with Crippen molar-refractivity contribution in [1.82, 2.24) is 9.97 Å². The molecule has 0 saturated heterocycles. The quantitative estimate of drug-likeness (QED) is 0.624. The number of hydrogen-bond acceptors (Lipinski definition) is 3. The molecular weight excluding hydrogens is 150 g/mol. The van der Waals surface area contributed by atoms with Gasteiger partial charge in [-0.2, -0.15) is 0 Å². The molecule has 3 heteroatoms. The second-order valence-electron chi connectivity index (χ2n) is 2.82. The molecule has 1 aromatic rings. The molecular formula is C9H13N3. The minimum absolute atomic E-state index is 0.0891. The van der Waals surface area contributed by atoms with Gasteiger partial charge in [0, 0.05) is 17.0 Å². The van der Waals surface area contributed by atoms with Gasteiger partial charge in [0.15, 0.2) is 0 Å². The summed E-state index contributed by atoms with van der Waals surface area (Å²) in [5.74, 6) is 0. The van der Waals surface area contributed by atoms with Crippen molar-refractivity contribution < 1.29 is 0 Å². The van der Waals surface area contributed by atoms with Crippen molar-refractivity contribution in [3.63, 3.8) is 0 Å². The molecule has 1 unspecified atom stereocenters. The van der Waals surface area contributed by atoms with Crippen LogP contribution in [0, 0.1) is 13.8 Å². The summed E-state index contributed by atoms with van der Waals surface area (Å²) >= 11 is 0. The highest BCUT2D eigenvalue weighted by Crippen LogP contribution is 2.20. The Labute approximate surface area is 72.6 Å². The van der Waals surface area contributed by atoms with E-state index in [1.807, 2.05) is 20.8 Å². The van der Waals surface area contributed by atoms with Gasteiger partial charge in [-0.15, -0.1) is 0 Å². The summed E-state index contributed by atoms with van der Waals surface area (Å²) in [6, 6.07) is 0.0891. The first-order valence-electron chi connectivity index (χ1n) is 3.90. The Morgan fingerprint density at radius 1 is 1.33 bits per heavy atom. The lowest BCUT2D eigenvalue weighted by atomic mass is 10.1. The lowest BCUT2D eigenvalue weighted by Crippen LogP contribution is -2.01. The first kappa shape index (κ1) is 8.84. The number of aromatic nitrogens is 2. The predicted molar refractivity (Wildman–Crippen MR) is 49.5 cm³/mol. The highest BCUT2D eigenvalue weighted by Gasteiger charge is 2.10. The SMILES string of the molecule is C=NC(C)c1c(C)ncnc1C. The molecule has 0 aliphatic rings. The number of aliphatic imine (C=N–C) groups is 1. The normalized spacial score (nSPS) is 12.6. The molecule has 3 nitrogen and oxygen atoms in total. The van der Waals surface area contributed by atoms with Gasteiger partial charge in [-0.25, -0.2) is 9.97 Å². The van der Waals surface area contributed by atoms with E-state index in [0.29, 0.717) is 0 Å². The van der Waals surface area contributed by atoms with Crippen LogP contribution < -0.4 is 0 Å². The van der Waals surface area contributed by atoms with Crippen LogP contribution in [0.1, 0.15) is 29.9 Å². The standard InChI is InChI=1S/C9H13N3/c1-6(10-4)9-7(2)11-5-12-8(9)3/h5-6H,4H2,1-3H3. The second-order valence-corrected chi connectivity index (χ2v) is 2.82. The zero-order valence-electron chi connectivity index (χ0n) is 7.70. The Morgan fingerprint density at radius 2 is 1.83 bits per heavy atom. The molecule has 1 aromatic heterocycles. The highest BCUT2D eigenvalue weighted by molar-refractivity contribution is 5.31. The third-order valence-electron chi connectivity index (χ3n) is 1.97. The molecule has 1 heterocycles. The van der Waals surface area contributed by atoms with E-state index in [4.69, 9.17) is 0 Å². The van der Waals surface area contributed by atoms with Crippen LogP contribution in [-0.4, -0.2) is 16.7 Å². The van der Waals surface area contributed by atoms with Crippen molar-refractivity contribution in [2.45, 2.75) is 26.8 Å². The van der Waals surface area contributed by atoms with Crippen LogP contribution in [0.5, 0.6) is 0 Å². The van der Waals surface area contributed by atoms with E-state index in [9.17, 15) is 0 Å². The van der Waals surface area contributed by atoms with E-state index < -0.39 is 0 Å². The van der Waals surface area contributed by atoms with E-state index in [-0.39, 0.29) is 6.04 Å². The smallest absolute Gasteiger partial charge is 0.115 e. The minimum Gasteiger partial charge on any atom is -0.293 e. The fraction of sp³-hybridized carbons (Fsp3) is 0.444. The summed E-state index contributed by atoms with van der Waals surface area (Å²) in [7, 11) is 0. The minimum atomic E-state index is 0.0891. The maximum Gasteiger partial charge on any atom is 0.115 e. The number of rotatable bonds is 2. The molecule has 0 aliphatic heterocycles. The van der Waals surface area contributed by atoms with Gasteiger partial charge in [0.05, 0.1) is 6.04 Å². The maximum absolute atomic E-state index is 4.11. The van der Waals surface area contributed by atoms with E-state index >= 15 is 0 Å². The van der Waals surface area contributed by atoms with Crippen molar-refractivity contribution in [1.29, 1.82) is 0 Å². The number of hydrogen-bond donors (Lipinski definition) is 0. The van der Waals surface area contributed by atoms with Gasteiger partial charge < -0.3 is 0 Å². The van der Waals surface area contributed by atoms with E-state index in [1.54, 1.807) is 6.33 Å². The van der Waals surface area contributed by atoms with Crippen LogP contribution in [0.15, 0.2) is 11.3 Å². The molecule has 0 bridgehead atoms. The first-order chi connectivity index (χ1) is 5.66. The van der Waals surface area contributed by atoms with Gasteiger partial charge in [-0.1, -0.05) is 0 Å². The van der Waals surface area contributed by atoms with Crippen LogP contribution in [0.2, 0.25) is 0 Å². The average Bonchev–Trinajstić information content (AvgIpc) is 2.03. The lowest BCUT2D eigenvalue weighted by molar-refractivity contribution is 0.783. The van der Waals surface area contributed by atoms with Gasteiger partial charge in [-0.3, -0.25) is 4.99 Å². The molecule has 0 amide bonds. The first-order valence-corrected chi connectivity index (χ1v) is 3.90. The van der Waals surface area contributed by atoms with Gasteiger partial charge >= 0.3 is 0 Å². The maximum atomic E-state index is 4.11. The van der Waals surface area contributed by atoms with Crippen molar-refractivity contribution in [2.75, 3.05) is 0 Å². The molecule has 0 spiro atoms. The number of nitrogens with zero attached hydrogens (tertiary/aromatic N) is 3. The summed E-state index contributed by atoms with van der Waals surface area (Å²) in [5.41, 5.74) is 3.07. The van der Waals surface area contributed by atoms with Crippen LogP contribution in [0.3, 0.4) is 0 Å². The molecule has 0 aliphatic carbocycles. The van der Waals surface area contributed by atoms with Crippen molar-refractivity contribution in [2.24, 2.45) is 4.99 Å². The molecule has 0 fully saturated rings. The largest absolute Gasteiger partial charge is 0.293 e. The van der Waals surface area contributed by atoms with Crippen molar-refractivity contribution in [3.05, 3.63) is 23.3 Å². The molecule has 0 radical (unpaired) electrons. The number of aryl methyl sites for hydroxylation is 2. The third-order valence-corrected chi connectivity index (χ3v) is 1.97. The molecule has 1 rings (SSSR count). The molecule has 1 atom stereocenters. The molecule has 0 aromatic carbocycles. The molecule has 0 saturated carbocycles.